The van der Waals surface area contributed by atoms with E-state index in [1.165, 1.54) is 25.7 Å². The Morgan fingerprint density at radius 2 is 1.08 bits per heavy atom. The fourth-order valence-electron chi connectivity index (χ4n) is 0.986. The molecule has 0 saturated carbocycles. The van der Waals surface area contributed by atoms with Crippen molar-refractivity contribution in [2.24, 2.45) is 11.8 Å². The minimum atomic E-state index is 0. The molecule has 0 amide bonds. The molecule has 0 radical (unpaired) electrons. The molecule has 0 rings (SSSR count). The molecule has 0 fully saturated rings. The summed E-state index contributed by atoms with van der Waals surface area (Å²) < 4.78 is 0. The van der Waals surface area contributed by atoms with Gasteiger partial charge in [0.2, 0.25) is 0 Å². The van der Waals surface area contributed by atoms with Crippen molar-refractivity contribution in [3.8, 4) is 0 Å². The Labute approximate surface area is 98.6 Å². The zero-order valence-corrected chi connectivity index (χ0v) is 13.1. The van der Waals surface area contributed by atoms with Crippen LogP contribution in [-0.4, -0.2) is 0 Å². The predicted molar refractivity (Wildman–Crippen MR) is 58.9 cm³/mol. The molecule has 0 aromatic carbocycles. The number of rotatable bonds is 4. The van der Waals surface area contributed by atoms with Crippen LogP contribution >= 0.6 is 0 Å². The summed E-state index contributed by atoms with van der Waals surface area (Å²) in [4.78, 5) is 0. The summed E-state index contributed by atoms with van der Waals surface area (Å²) in [7, 11) is 0. The summed E-state index contributed by atoms with van der Waals surface area (Å²) in [5, 5.41) is 0. The van der Waals surface area contributed by atoms with Crippen LogP contribution in [0.15, 0.2) is 0 Å². The Balaban J connectivity index is -0.000000143. The summed E-state index contributed by atoms with van der Waals surface area (Å²) >= 11 is 0. The molecule has 0 nitrogen and oxygen atoms in total. The third-order valence-corrected chi connectivity index (χ3v) is 1.56. The van der Waals surface area contributed by atoms with Gasteiger partial charge in [-0.25, -0.2) is 0 Å². The van der Waals surface area contributed by atoms with E-state index < -0.39 is 0 Å². The van der Waals surface area contributed by atoms with Gasteiger partial charge in [0.15, 0.2) is 0 Å². The van der Waals surface area contributed by atoms with Crippen molar-refractivity contribution < 1.29 is 19.5 Å². The second-order valence-electron chi connectivity index (χ2n) is 3.79. The van der Waals surface area contributed by atoms with E-state index in [0.717, 1.165) is 0 Å². The van der Waals surface area contributed by atoms with E-state index in [1.807, 2.05) is 0 Å². The normalized spacial score (nSPS) is 13.4. The largest absolute Gasteiger partial charge is 2.00 e. The first-order chi connectivity index (χ1) is 5.54. The molecular weight excluding hydrogens is 210 g/mol. The first kappa shape index (κ1) is 19.2. The Morgan fingerprint density at radius 3 is 1.08 bits per heavy atom. The quantitative estimate of drug-likeness (QED) is 0.497. The third-order valence-electron chi connectivity index (χ3n) is 1.56. The average Bonchev–Trinajstić information content (AvgIpc) is 1.87. The summed E-state index contributed by atoms with van der Waals surface area (Å²) in [5.41, 5.74) is 0. The monoisotopic (exact) mass is 234 g/mol. The van der Waals surface area contributed by atoms with Gasteiger partial charge in [0, 0.05) is 0 Å². The molecule has 1 heteroatoms. The molecule has 0 aliphatic heterocycles. The molecule has 0 aliphatic carbocycles. The smallest absolute Gasteiger partial charge is 0.341 e. The van der Waals surface area contributed by atoms with Crippen LogP contribution in [0.1, 0.15) is 53.4 Å². The van der Waals surface area contributed by atoms with Gasteiger partial charge in [-0.05, 0) is 0 Å². The molecule has 0 spiro atoms. The van der Waals surface area contributed by atoms with E-state index in [0.29, 0.717) is 11.8 Å². The molecule has 2 atom stereocenters. The van der Waals surface area contributed by atoms with Gasteiger partial charge < -0.3 is 13.8 Å². The van der Waals surface area contributed by atoms with Crippen molar-refractivity contribution in [3.63, 3.8) is 0 Å². The predicted octanol–water partition coefficient (Wildman–Crippen LogP) is 4.51. The van der Waals surface area contributed by atoms with E-state index in [1.54, 1.807) is 0 Å². The van der Waals surface area contributed by atoms with E-state index in [9.17, 15) is 0 Å². The molecule has 76 valence electrons. The number of hydrogen-bond acceptors (Lipinski definition) is 0. The molecule has 0 aromatic rings. The molecule has 0 N–H and O–H groups in total. The summed E-state index contributed by atoms with van der Waals surface area (Å²) in [6.45, 7) is 16.3. The summed E-state index contributed by atoms with van der Waals surface area (Å²) in [5.74, 6) is 1.30. The van der Waals surface area contributed by atoms with Crippen LogP contribution in [0.5, 0.6) is 0 Å². The van der Waals surface area contributed by atoms with Crippen molar-refractivity contribution in [2.45, 2.75) is 53.4 Å². The topological polar surface area (TPSA) is 0 Å². The van der Waals surface area contributed by atoms with Crippen molar-refractivity contribution in [3.05, 3.63) is 13.8 Å². The average molecular weight is 236 g/mol. The molecule has 0 aromatic heterocycles. The minimum Gasteiger partial charge on any atom is -0.341 e. The van der Waals surface area contributed by atoms with Crippen LogP contribution in [0.4, 0.5) is 0 Å². The Morgan fingerprint density at radius 1 is 0.846 bits per heavy atom. The number of hydrogen-bond donors (Lipinski definition) is 0. The van der Waals surface area contributed by atoms with Crippen molar-refractivity contribution in [1.29, 1.82) is 0 Å². The first-order valence-electron chi connectivity index (χ1n) is 5.20. The van der Waals surface area contributed by atoms with Gasteiger partial charge in [-0.1, -0.05) is 53.4 Å². The van der Waals surface area contributed by atoms with Crippen molar-refractivity contribution in [1.82, 2.24) is 0 Å². The Hall–Kier alpha value is 0.623. The van der Waals surface area contributed by atoms with Crippen LogP contribution in [0, 0.1) is 25.7 Å². The Bertz CT molecular complexity index is 57.5. The van der Waals surface area contributed by atoms with Gasteiger partial charge >= 0.3 is 19.5 Å². The van der Waals surface area contributed by atoms with E-state index >= 15 is 0 Å². The van der Waals surface area contributed by atoms with Crippen LogP contribution in [-0.2, 0) is 19.5 Å². The van der Waals surface area contributed by atoms with Crippen LogP contribution in [0.25, 0.3) is 0 Å². The fourth-order valence-corrected chi connectivity index (χ4v) is 0.986. The molecule has 13 heavy (non-hydrogen) atoms. The van der Waals surface area contributed by atoms with E-state index in [2.05, 4.69) is 41.5 Å². The summed E-state index contributed by atoms with van der Waals surface area (Å²) in [6.07, 6.45) is 5.06. The van der Waals surface area contributed by atoms with Gasteiger partial charge in [0.1, 0.15) is 0 Å². The first-order valence-corrected chi connectivity index (χ1v) is 5.20. The molecular formula is C12H26Zn. The fraction of sp³-hybridized carbons (Fsp3) is 0.833. The maximum atomic E-state index is 3.83. The van der Waals surface area contributed by atoms with Gasteiger partial charge in [0.05, 0.1) is 0 Å². The standard InChI is InChI=1S/2C6H13.Zn/c2*1-4-5-6(2)3;/h2*6H,2,4-5H2,1,3H3;/q2*-1;+2. The second kappa shape index (κ2) is 15.1. The van der Waals surface area contributed by atoms with Crippen LogP contribution in [0.2, 0.25) is 0 Å². The minimum absolute atomic E-state index is 0. The third kappa shape index (κ3) is 32.5. The van der Waals surface area contributed by atoms with Crippen molar-refractivity contribution >= 4 is 0 Å². The van der Waals surface area contributed by atoms with Crippen molar-refractivity contribution in [2.75, 3.05) is 0 Å². The van der Waals surface area contributed by atoms with Crippen LogP contribution < -0.4 is 0 Å². The molecule has 2 unspecified atom stereocenters. The van der Waals surface area contributed by atoms with Gasteiger partial charge in [-0.3, -0.25) is 0 Å². The van der Waals surface area contributed by atoms with E-state index in [4.69, 9.17) is 0 Å². The maximum absolute atomic E-state index is 3.83. The zero-order valence-electron chi connectivity index (χ0n) is 10.1. The van der Waals surface area contributed by atoms with Crippen LogP contribution in [0.3, 0.4) is 0 Å². The molecule has 0 heterocycles. The molecule has 0 saturated heterocycles. The Kier molecular flexibility index (Phi) is 22.4. The second-order valence-corrected chi connectivity index (χ2v) is 3.79. The zero-order chi connectivity index (χ0) is 9.98. The SMILES string of the molecule is [CH2-]C(C)CCC.[CH2-]C(C)CCC.[Zn+2]. The maximum Gasteiger partial charge on any atom is 2.00 e. The van der Waals surface area contributed by atoms with E-state index in [-0.39, 0.29) is 19.5 Å². The summed E-state index contributed by atoms with van der Waals surface area (Å²) in [6, 6.07) is 0. The molecule has 0 aliphatic rings. The van der Waals surface area contributed by atoms with Gasteiger partial charge in [-0.15, -0.1) is 0 Å². The van der Waals surface area contributed by atoms with Gasteiger partial charge in [0.25, 0.3) is 0 Å². The molecule has 0 bridgehead atoms. The van der Waals surface area contributed by atoms with Gasteiger partial charge in [-0.2, -0.15) is 11.8 Å².